The average molecular weight is 260 g/mol. The highest BCUT2D eigenvalue weighted by Gasteiger charge is 2.34. The predicted molar refractivity (Wildman–Crippen MR) is 74.0 cm³/mol. The maximum atomic E-state index is 11.7. The minimum Gasteiger partial charge on any atom is -0.372 e. The molecule has 4 nitrogen and oxygen atoms in total. The quantitative estimate of drug-likeness (QED) is 0.875. The molecule has 3 rings (SSSR count). The summed E-state index contributed by atoms with van der Waals surface area (Å²) >= 11 is 0. The molecule has 0 saturated heterocycles. The van der Waals surface area contributed by atoms with E-state index in [-0.39, 0.29) is 12.0 Å². The van der Waals surface area contributed by atoms with Crippen molar-refractivity contribution in [2.24, 2.45) is 11.7 Å². The van der Waals surface area contributed by atoms with Gasteiger partial charge in [0.1, 0.15) is 0 Å². The average Bonchev–Trinajstić information content (AvgIpc) is 3.19. The molecule has 1 unspecified atom stereocenters. The number of hydrogen-bond acceptors (Lipinski definition) is 3. The number of anilines is 1. The van der Waals surface area contributed by atoms with E-state index in [0.717, 1.165) is 11.3 Å². The normalized spacial score (nSPS) is 19.7. The van der Waals surface area contributed by atoms with E-state index in [9.17, 15) is 4.79 Å². The number of fused-ring (bicyclic) bond motifs is 1. The van der Waals surface area contributed by atoms with Crippen LogP contribution < -0.4 is 10.6 Å². The van der Waals surface area contributed by atoms with E-state index in [1.807, 2.05) is 13.1 Å². The molecule has 1 aliphatic heterocycles. The van der Waals surface area contributed by atoms with Crippen molar-refractivity contribution in [3.63, 3.8) is 0 Å². The second kappa shape index (κ2) is 4.94. The van der Waals surface area contributed by atoms with Crippen LogP contribution in [0.25, 0.3) is 0 Å². The Morgan fingerprint density at radius 1 is 1.47 bits per heavy atom. The van der Waals surface area contributed by atoms with Crippen LogP contribution in [0.15, 0.2) is 18.2 Å². The van der Waals surface area contributed by atoms with Crippen molar-refractivity contribution in [3.8, 4) is 0 Å². The number of amides is 1. The van der Waals surface area contributed by atoms with Crippen molar-refractivity contribution in [1.29, 1.82) is 0 Å². The third-order valence-electron chi connectivity index (χ3n) is 3.97. The summed E-state index contributed by atoms with van der Waals surface area (Å²) in [4.78, 5) is 13.4. The third kappa shape index (κ3) is 2.38. The molecule has 1 aliphatic carbocycles. The van der Waals surface area contributed by atoms with Gasteiger partial charge in [-0.1, -0.05) is 12.1 Å². The summed E-state index contributed by atoms with van der Waals surface area (Å²) in [6.45, 7) is 1.15. The molecule has 102 valence electrons. The fraction of sp³-hybridized carbons (Fsp3) is 0.533. The number of rotatable bonds is 5. The van der Waals surface area contributed by atoms with Crippen LogP contribution in [0.5, 0.6) is 0 Å². The SMILES string of the molecule is CN1C(=O)Cc2cc(C(OCCN)C3CC3)ccc21. The zero-order valence-electron chi connectivity index (χ0n) is 11.3. The van der Waals surface area contributed by atoms with Crippen LogP contribution in [-0.2, 0) is 16.0 Å². The van der Waals surface area contributed by atoms with E-state index in [0.29, 0.717) is 25.5 Å². The van der Waals surface area contributed by atoms with Crippen LogP contribution in [0, 0.1) is 5.92 Å². The van der Waals surface area contributed by atoms with E-state index < -0.39 is 0 Å². The fourth-order valence-corrected chi connectivity index (χ4v) is 2.77. The van der Waals surface area contributed by atoms with Gasteiger partial charge >= 0.3 is 0 Å². The Hall–Kier alpha value is -1.39. The van der Waals surface area contributed by atoms with Gasteiger partial charge in [-0.25, -0.2) is 0 Å². The molecule has 0 radical (unpaired) electrons. The Morgan fingerprint density at radius 2 is 2.26 bits per heavy atom. The van der Waals surface area contributed by atoms with Crippen LogP contribution in [0.4, 0.5) is 5.69 Å². The van der Waals surface area contributed by atoms with Crippen molar-refractivity contribution in [2.75, 3.05) is 25.1 Å². The maximum absolute atomic E-state index is 11.7. The Morgan fingerprint density at radius 3 is 2.95 bits per heavy atom. The number of nitrogens with two attached hydrogens (primary N) is 1. The van der Waals surface area contributed by atoms with Gasteiger partial charge < -0.3 is 15.4 Å². The second-order valence-corrected chi connectivity index (χ2v) is 5.44. The zero-order valence-corrected chi connectivity index (χ0v) is 11.3. The maximum Gasteiger partial charge on any atom is 0.231 e. The van der Waals surface area contributed by atoms with Gasteiger partial charge in [-0.2, -0.15) is 0 Å². The first kappa shape index (κ1) is 12.6. The van der Waals surface area contributed by atoms with Crippen molar-refractivity contribution < 1.29 is 9.53 Å². The summed E-state index contributed by atoms with van der Waals surface area (Å²) in [6.07, 6.45) is 3.11. The lowest BCUT2D eigenvalue weighted by Crippen LogP contribution is -2.20. The van der Waals surface area contributed by atoms with Gasteiger partial charge in [0.25, 0.3) is 0 Å². The lowest BCUT2D eigenvalue weighted by Gasteiger charge is -2.19. The molecule has 1 aromatic carbocycles. The third-order valence-corrected chi connectivity index (χ3v) is 3.97. The van der Waals surface area contributed by atoms with Gasteiger partial charge in [-0.05, 0) is 36.0 Å². The smallest absolute Gasteiger partial charge is 0.231 e. The summed E-state index contributed by atoms with van der Waals surface area (Å²) in [6, 6.07) is 6.26. The minimum atomic E-state index is 0.148. The summed E-state index contributed by atoms with van der Waals surface area (Å²) in [5.74, 6) is 0.789. The number of ether oxygens (including phenoxy) is 1. The molecule has 1 saturated carbocycles. The van der Waals surface area contributed by atoms with Gasteiger partial charge in [-0.15, -0.1) is 0 Å². The summed E-state index contributed by atoms with van der Waals surface area (Å²) in [5.41, 5.74) is 8.87. The van der Waals surface area contributed by atoms with E-state index >= 15 is 0 Å². The van der Waals surface area contributed by atoms with Crippen LogP contribution in [0.1, 0.15) is 30.1 Å². The molecule has 0 spiro atoms. The van der Waals surface area contributed by atoms with Gasteiger partial charge in [0.2, 0.25) is 5.91 Å². The largest absolute Gasteiger partial charge is 0.372 e. The van der Waals surface area contributed by atoms with Crippen molar-refractivity contribution >= 4 is 11.6 Å². The molecular formula is C15H20N2O2. The first-order valence-corrected chi connectivity index (χ1v) is 6.91. The molecule has 2 aliphatic rings. The van der Waals surface area contributed by atoms with Crippen LogP contribution in [0.3, 0.4) is 0 Å². The summed E-state index contributed by atoms with van der Waals surface area (Å²) in [7, 11) is 1.83. The van der Waals surface area contributed by atoms with Crippen molar-refractivity contribution in [2.45, 2.75) is 25.4 Å². The van der Waals surface area contributed by atoms with Crippen molar-refractivity contribution in [1.82, 2.24) is 0 Å². The number of hydrogen-bond donors (Lipinski definition) is 1. The molecule has 2 N–H and O–H groups in total. The highest BCUT2D eigenvalue weighted by molar-refractivity contribution is 6.00. The fourth-order valence-electron chi connectivity index (χ4n) is 2.77. The van der Waals surface area contributed by atoms with Crippen LogP contribution in [-0.4, -0.2) is 26.1 Å². The summed E-state index contributed by atoms with van der Waals surface area (Å²) < 4.78 is 5.89. The molecule has 19 heavy (non-hydrogen) atoms. The molecule has 1 aromatic rings. The molecular weight excluding hydrogens is 240 g/mol. The molecule has 1 atom stereocenters. The number of benzene rings is 1. The lowest BCUT2D eigenvalue weighted by molar-refractivity contribution is -0.117. The van der Waals surface area contributed by atoms with Crippen LogP contribution in [0.2, 0.25) is 0 Å². The van der Waals surface area contributed by atoms with E-state index in [1.54, 1.807) is 4.90 Å². The highest BCUT2D eigenvalue weighted by Crippen LogP contribution is 2.44. The minimum absolute atomic E-state index is 0.148. The molecule has 1 fully saturated rings. The van der Waals surface area contributed by atoms with E-state index in [4.69, 9.17) is 10.5 Å². The highest BCUT2D eigenvalue weighted by atomic mass is 16.5. The molecule has 1 amide bonds. The van der Waals surface area contributed by atoms with Gasteiger partial charge in [0, 0.05) is 19.3 Å². The van der Waals surface area contributed by atoms with Gasteiger partial charge in [-0.3, -0.25) is 4.79 Å². The number of carbonyl (C=O) groups excluding carboxylic acids is 1. The Kier molecular flexibility index (Phi) is 3.29. The second-order valence-electron chi connectivity index (χ2n) is 5.44. The lowest BCUT2D eigenvalue weighted by atomic mass is 10.0. The zero-order chi connectivity index (χ0) is 13.4. The Balaban J connectivity index is 1.85. The first-order valence-electron chi connectivity index (χ1n) is 6.91. The van der Waals surface area contributed by atoms with E-state index in [1.165, 1.54) is 18.4 Å². The number of nitrogens with zero attached hydrogens (tertiary/aromatic N) is 1. The number of likely N-dealkylation sites (N-methyl/N-ethyl adjacent to an activating group) is 1. The van der Waals surface area contributed by atoms with E-state index in [2.05, 4.69) is 12.1 Å². The molecule has 4 heteroatoms. The predicted octanol–water partition coefficient (Wildman–Crippen LogP) is 1.63. The Bertz CT molecular complexity index is 497. The van der Waals surface area contributed by atoms with Gasteiger partial charge in [0.05, 0.1) is 19.1 Å². The van der Waals surface area contributed by atoms with Gasteiger partial charge in [0.15, 0.2) is 0 Å². The standard InChI is InChI=1S/C15H20N2O2/c1-17-13-5-4-11(8-12(13)9-14(17)18)15(10-2-3-10)19-7-6-16/h4-5,8,10,15H,2-3,6-7,9,16H2,1H3. The number of carbonyl (C=O) groups is 1. The van der Waals surface area contributed by atoms with Crippen LogP contribution >= 0.6 is 0 Å². The Labute approximate surface area is 113 Å². The topological polar surface area (TPSA) is 55.6 Å². The van der Waals surface area contributed by atoms with Crippen molar-refractivity contribution in [3.05, 3.63) is 29.3 Å². The molecule has 1 heterocycles. The summed E-state index contributed by atoms with van der Waals surface area (Å²) in [5, 5.41) is 0. The first-order chi connectivity index (χ1) is 9.20. The molecule has 0 aromatic heterocycles. The monoisotopic (exact) mass is 260 g/mol. The molecule has 0 bridgehead atoms.